The summed E-state index contributed by atoms with van der Waals surface area (Å²) in [5, 5.41) is 0. The molecule has 0 aliphatic heterocycles. The number of benzene rings is 2. The zero-order chi connectivity index (χ0) is 14.8. The van der Waals surface area contributed by atoms with Crippen LogP contribution in [0.1, 0.15) is 5.56 Å². The summed E-state index contributed by atoms with van der Waals surface area (Å²) in [5.41, 5.74) is 3.09. The van der Waals surface area contributed by atoms with E-state index >= 15 is 0 Å². The number of ether oxygens (including phenoxy) is 1. The normalized spacial score (nSPS) is 11.0. The van der Waals surface area contributed by atoms with Crippen LogP contribution >= 0.6 is 12.2 Å². The molecule has 1 heterocycles. The van der Waals surface area contributed by atoms with Crippen LogP contribution in [0.4, 0.5) is 4.39 Å². The Hall–Kier alpha value is -2.14. The zero-order valence-corrected chi connectivity index (χ0v) is 12.4. The van der Waals surface area contributed by atoms with Gasteiger partial charge in [-0.2, -0.15) is 0 Å². The molecule has 0 saturated heterocycles. The molecule has 0 aliphatic rings. The molecular weight excluding hydrogens is 287 g/mol. The van der Waals surface area contributed by atoms with Crippen molar-refractivity contribution in [3.63, 3.8) is 0 Å². The first-order valence-electron chi connectivity index (χ1n) is 6.68. The minimum Gasteiger partial charge on any atom is -0.497 e. The molecule has 2 aromatic carbocycles. The van der Waals surface area contributed by atoms with Crippen molar-refractivity contribution >= 4 is 23.3 Å². The lowest BCUT2D eigenvalue weighted by atomic mass is 10.1. The quantitative estimate of drug-likeness (QED) is 0.736. The van der Waals surface area contributed by atoms with Gasteiger partial charge in [-0.3, -0.25) is 0 Å². The lowest BCUT2D eigenvalue weighted by Gasteiger charge is -2.05. The van der Waals surface area contributed by atoms with Gasteiger partial charge in [-0.15, -0.1) is 0 Å². The van der Waals surface area contributed by atoms with E-state index in [1.165, 1.54) is 12.1 Å². The van der Waals surface area contributed by atoms with Crippen LogP contribution < -0.4 is 4.74 Å². The second-order valence-corrected chi connectivity index (χ2v) is 5.23. The van der Waals surface area contributed by atoms with Crippen molar-refractivity contribution in [2.24, 2.45) is 0 Å². The molecule has 3 nitrogen and oxygen atoms in total. The molecule has 0 radical (unpaired) electrons. The summed E-state index contributed by atoms with van der Waals surface area (Å²) in [6.07, 6.45) is 0.799. The van der Waals surface area contributed by atoms with Gasteiger partial charge in [0.1, 0.15) is 11.6 Å². The summed E-state index contributed by atoms with van der Waals surface area (Å²) in [5.74, 6) is 0.582. The Kier molecular flexibility index (Phi) is 3.75. The van der Waals surface area contributed by atoms with Crippen LogP contribution in [-0.4, -0.2) is 16.7 Å². The molecule has 3 rings (SSSR count). The number of rotatable bonds is 4. The summed E-state index contributed by atoms with van der Waals surface area (Å²) in [4.78, 5) is 3.18. The summed E-state index contributed by atoms with van der Waals surface area (Å²) in [6, 6.07) is 12.4. The average molecular weight is 302 g/mol. The highest BCUT2D eigenvalue weighted by molar-refractivity contribution is 7.71. The maximum atomic E-state index is 12.9. The number of aryl methyl sites for hydroxylation is 2. The number of fused-ring (bicyclic) bond motifs is 1. The van der Waals surface area contributed by atoms with Crippen LogP contribution in [-0.2, 0) is 13.0 Å². The van der Waals surface area contributed by atoms with Gasteiger partial charge in [-0.25, -0.2) is 4.39 Å². The molecule has 0 unspecified atom stereocenters. The highest BCUT2D eigenvalue weighted by Gasteiger charge is 2.06. The number of methoxy groups -OCH3 is 1. The fourth-order valence-corrected chi connectivity index (χ4v) is 2.68. The number of H-pyrrole nitrogens is 1. The molecule has 0 spiro atoms. The van der Waals surface area contributed by atoms with E-state index in [1.807, 2.05) is 22.8 Å². The van der Waals surface area contributed by atoms with E-state index in [0.717, 1.165) is 35.3 Å². The second kappa shape index (κ2) is 5.69. The number of imidazole rings is 1. The zero-order valence-electron chi connectivity index (χ0n) is 11.6. The van der Waals surface area contributed by atoms with Gasteiger partial charge < -0.3 is 14.3 Å². The molecule has 0 bridgehead atoms. The van der Waals surface area contributed by atoms with Crippen molar-refractivity contribution < 1.29 is 9.13 Å². The average Bonchev–Trinajstić information content (AvgIpc) is 2.81. The molecule has 108 valence electrons. The van der Waals surface area contributed by atoms with Gasteiger partial charge in [0.2, 0.25) is 0 Å². The lowest BCUT2D eigenvalue weighted by Crippen LogP contribution is -2.01. The van der Waals surface area contributed by atoms with E-state index in [9.17, 15) is 4.39 Å². The van der Waals surface area contributed by atoms with Gasteiger partial charge in [-0.1, -0.05) is 12.1 Å². The third kappa shape index (κ3) is 2.83. The van der Waals surface area contributed by atoms with Crippen LogP contribution in [0.5, 0.6) is 5.75 Å². The molecule has 0 fully saturated rings. The van der Waals surface area contributed by atoms with E-state index in [1.54, 1.807) is 19.2 Å². The molecule has 0 saturated carbocycles. The second-order valence-electron chi connectivity index (χ2n) is 4.84. The Labute approximate surface area is 127 Å². The first kappa shape index (κ1) is 13.8. The molecule has 0 amide bonds. The molecule has 3 aromatic rings. The monoisotopic (exact) mass is 302 g/mol. The standard InChI is InChI=1S/C16H15FN2OS/c1-20-13-6-7-15-14(10-13)18-16(21)19(15)9-8-11-2-4-12(17)5-3-11/h2-7,10H,8-9H2,1H3,(H,18,21). The minimum atomic E-state index is -0.213. The third-order valence-corrected chi connectivity index (χ3v) is 3.84. The summed E-state index contributed by atoms with van der Waals surface area (Å²) >= 11 is 5.38. The van der Waals surface area contributed by atoms with E-state index < -0.39 is 0 Å². The van der Waals surface area contributed by atoms with E-state index in [2.05, 4.69) is 4.98 Å². The summed E-state index contributed by atoms with van der Waals surface area (Å²) < 4.78 is 20.8. The first-order chi connectivity index (χ1) is 10.2. The molecule has 1 N–H and O–H groups in total. The number of nitrogens with one attached hydrogen (secondary N) is 1. The molecule has 0 aliphatic carbocycles. The van der Waals surface area contributed by atoms with Crippen LogP contribution in [0.15, 0.2) is 42.5 Å². The van der Waals surface area contributed by atoms with Crippen LogP contribution in [0.3, 0.4) is 0 Å². The fourth-order valence-electron chi connectivity index (χ4n) is 2.38. The minimum absolute atomic E-state index is 0.213. The SMILES string of the molecule is COc1ccc2c(c1)[nH]c(=S)n2CCc1ccc(F)cc1. The molecule has 21 heavy (non-hydrogen) atoms. The maximum Gasteiger partial charge on any atom is 0.178 e. The van der Waals surface area contributed by atoms with E-state index in [0.29, 0.717) is 4.77 Å². The van der Waals surface area contributed by atoms with Crippen molar-refractivity contribution in [3.05, 3.63) is 58.6 Å². The number of hydrogen-bond acceptors (Lipinski definition) is 2. The lowest BCUT2D eigenvalue weighted by molar-refractivity contribution is 0.415. The molecule has 1 aromatic heterocycles. The Morgan fingerprint density at radius 3 is 2.67 bits per heavy atom. The Balaban J connectivity index is 1.88. The number of aromatic amines is 1. The Bertz CT molecular complexity index is 820. The maximum absolute atomic E-state index is 12.9. The predicted molar refractivity (Wildman–Crippen MR) is 83.8 cm³/mol. The van der Waals surface area contributed by atoms with E-state index in [4.69, 9.17) is 17.0 Å². The van der Waals surface area contributed by atoms with Gasteiger partial charge in [-0.05, 0) is 48.5 Å². The highest BCUT2D eigenvalue weighted by atomic mass is 32.1. The van der Waals surface area contributed by atoms with Crippen LogP contribution in [0.25, 0.3) is 11.0 Å². The van der Waals surface area contributed by atoms with Crippen LogP contribution in [0.2, 0.25) is 0 Å². The number of halogens is 1. The first-order valence-corrected chi connectivity index (χ1v) is 7.09. The van der Waals surface area contributed by atoms with Gasteiger partial charge >= 0.3 is 0 Å². The highest BCUT2D eigenvalue weighted by Crippen LogP contribution is 2.21. The fraction of sp³-hybridized carbons (Fsp3) is 0.188. The van der Waals surface area contributed by atoms with Gasteiger partial charge in [0.25, 0.3) is 0 Å². The van der Waals surface area contributed by atoms with Crippen molar-refractivity contribution in [1.82, 2.24) is 9.55 Å². The molecule has 5 heteroatoms. The van der Waals surface area contributed by atoms with E-state index in [-0.39, 0.29) is 5.82 Å². The van der Waals surface area contributed by atoms with Gasteiger partial charge in [0.05, 0.1) is 18.1 Å². The van der Waals surface area contributed by atoms with Crippen molar-refractivity contribution in [2.75, 3.05) is 7.11 Å². The topological polar surface area (TPSA) is 29.9 Å². The largest absolute Gasteiger partial charge is 0.497 e. The summed E-state index contributed by atoms with van der Waals surface area (Å²) in [6.45, 7) is 0.747. The van der Waals surface area contributed by atoms with Gasteiger partial charge in [0, 0.05) is 12.6 Å². The van der Waals surface area contributed by atoms with Crippen molar-refractivity contribution in [1.29, 1.82) is 0 Å². The molecule has 0 atom stereocenters. The number of nitrogens with zero attached hydrogens (tertiary/aromatic N) is 1. The third-order valence-electron chi connectivity index (χ3n) is 3.52. The van der Waals surface area contributed by atoms with Gasteiger partial charge in [0.15, 0.2) is 4.77 Å². The van der Waals surface area contributed by atoms with Crippen molar-refractivity contribution in [3.8, 4) is 5.75 Å². The smallest absolute Gasteiger partial charge is 0.178 e. The van der Waals surface area contributed by atoms with Crippen molar-refractivity contribution in [2.45, 2.75) is 13.0 Å². The number of aromatic nitrogens is 2. The Morgan fingerprint density at radius 1 is 1.19 bits per heavy atom. The Morgan fingerprint density at radius 2 is 1.95 bits per heavy atom. The van der Waals surface area contributed by atoms with Crippen LogP contribution in [0, 0.1) is 10.6 Å². The molecular formula is C16H15FN2OS. The number of hydrogen-bond donors (Lipinski definition) is 1. The predicted octanol–water partition coefficient (Wildman–Crippen LogP) is 4.09. The summed E-state index contributed by atoms with van der Waals surface area (Å²) in [7, 11) is 1.64.